The van der Waals surface area contributed by atoms with Gasteiger partial charge in [0.1, 0.15) is 12.9 Å². The molecule has 0 atom stereocenters. The van der Waals surface area contributed by atoms with Crippen molar-refractivity contribution in [3.63, 3.8) is 0 Å². The Morgan fingerprint density at radius 3 is 3.00 bits per heavy atom. The van der Waals surface area contributed by atoms with E-state index >= 15 is 0 Å². The molecule has 0 aliphatic carbocycles. The minimum atomic E-state index is -0.488. The number of halogens is 1. The van der Waals surface area contributed by atoms with Gasteiger partial charge < -0.3 is 9.47 Å². The molecule has 0 aliphatic rings. The smallest absolute Gasteiger partial charge is 0.308 e. The van der Waals surface area contributed by atoms with Gasteiger partial charge in [0.25, 0.3) is 0 Å². The van der Waals surface area contributed by atoms with Gasteiger partial charge in [0.15, 0.2) is 0 Å². The number of esters is 1. The Hall–Kier alpha value is -1.55. The lowest BCUT2D eigenvalue weighted by Gasteiger charge is -2.01. The third-order valence-electron chi connectivity index (χ3n) is 1.37. The largest absolute Gasteiger partial charge is 0.490 e. The molecule has 15 heavy (non-hydrogen) atoms. The summed E-state index contributed by atoms with van der Waals surface area (Å²) in [5, 5.41) is -0.0987. The van der Waals surface area contributed by atoms with Crippen LogP contribution < -0.4 is 0 Å². The molecule has 1 rings (SSSR count). The van der Waals surface area contributed by atoms with Crippen molar-refractivity contribution in [1.82, 2.24) is 4.98 Å². The minimum Gasteiger partial charge on any atom is -0.490 e. The van der Waals surface area contributed by atoms with Crippen LogP contribution in [0.1, 0.15) is 12.6 Å². The first-order chi connectivity index (χ1) is 7.18. The molecule has 1 aromatic heterocycles. The second kappa shape index (κ2) is 6.03. The van der Waals surface area contributed by atoms with Gasteiger partial charge in [-0.05, 0) is 23.7 Å². The van der Waals surface area contributed by atoms with Gasteiger partial charge in [-0.2, -0.15) is 0 Å². The van der Waals surface area contributed by atoms with E-state index in [9.17, 15) is 4.79 Å². The number of carbonyl (C=O) groups excluding carboxylic acids is 1. The van der Waals surface area contributed by atoms with Crippen molar-refractivity contribution in [2.75, 3.05) is 0 Å². The van der Waals surface area contributed by atoms with Crippen LogP contribution in [-0.2, 0) is 20.9 Å². The summed E-state index contributed by atoms with van der Waals surface area (Å²) in [5.74, 6) is -0.488. The molecule has 0 aromatic carbocycles. The van der Waals surface area contributed by atoms with Crippen LogP contribution in [0.5, 0.6) is 0 Å². The van der Waals surface area contributed by atoms with E-state index in [-0.39, 0.29) is 11.8 Å². The van der Waals surface area contributed by atoms with Crippen LogP contribution in [0.15, 0.2) is 35.9 Å². The topological polar surface area (TPSA) is 48.4 Å². The highest BCUT2D eigenvalue weighted by Crippen LogP contribution is 2.05. The lowest BCUT2D eigenvalue weighted by atomic mass is 10.4. The summed E-state index contributed by atoms with van der Waals surface area (Å²) in [7, 11) is 0. The average molecular weight is 228 g/mol. The zero-order valence-corrected chi connectivity index (χ0v) is 8.90. The Balaban J connectivity index is 2.35. The molecular formula is C10H10ClNO3. The zero-order chi connectivity index (χ0) is 11.1. The van der Waals surface area contributed by atoms with Crippen molar-refractivity contribution in [1.29, 1.82) is 0 Å². The van der Waals surface area contributed by atoms with Gasteiger partial charge in [0.05, 0.1) is 5.69 Å². The molecule has 0 fully saturated rings. The predicted octanol–water partition coefficient (Wildman–Crippen LogP) is 2.20. The highest BCUT2D eigenvalue weighted by molar-refractivity contribution is 6.28. The second-order valence-electron chi connectivity index (χ2n) is 2.65. The first-order valence-corrected chi connectivity index (χ1v) is 4.62. The SMILES string of the molecule is CC(=O)O/C(Cl)=C/OCc1ccccn1. The van der Waals surface area contributed by atoms with Crippen molar-refractivity contribution in [2.45, 2.75) is 13.5 Å². The number of hydrogen-bond donors (Lipinski definition) is 0. The van der Waals surface area contributed by atoms with E-state index in [4.69, 9.17) is 16.3 Å². The normalized spacial score (nSPS) is 10.9. The standard InChI is InChI=1S/C10H10ClNO3/c1-8(13)15-10(11)7-14-6-9-4-2-3-5-12-9/h2-5,7H,6H2,1H3/b10-7+. The maximum Gasteiger partial charge on any atom is 0.308 e. The fraction of sp³-hybridized carbons (Fsp3) is 0.200. The van der Waals surface area contributed by atoms with Gasteiger partial charge in [0.2, 0.25) is 5.22 Å². The first-order valence-electron chi connectivity index (χ1n) is 4.24. The summed E-state index contributed by atoms with van der Waals surface area (Å²) < 4.78 is 9.58. The molecule has 80 valence electrons. The van der Waals surface area contributed by atoms with Crippen molar-refractivity contribution in [3.05, 3.63) is 41.6 Å². The molecule has 5 heteroatoms. The summed E-state index contributed by atoms with van der Waals surface area (Å²) in [6, 6.07) is 5.47. The van der Waals surface area contributed by atoms with E-state index in [1.54, 1.807) is 6.20 Å². The van der Waals surface area contributed by atoms with Crippen molar-refractivity contribution >= 4 is 17.6 Å². The van der Waals surface area contributed by atoms with Crippen LogP contribution in [0.25, 0.3) is 0 Å². The summed E-state index contributed by atoms with van der Waals surface area (Å²) in [4.78, 5) is 14.5. The molecule has 0 saturated heterocycles. The number of nitrogens with zero attached hydrogens (tertiary/aromatic N) is 1. The third kappa shape index (κ3) is 5.02. The molecule has 0 saturated carbocycles. The molecule has 0 amide bonds. The Kier molecular flexibility index (Phi) is 4.63. The van der Waals surface area contributed by atoms with Gasteiger partial charge in [-0.15, -0.1) is 0 Å². The van der Waals surface area contributed by atoms with Crippen LogP contribution in [0.4, 0.5) is 0 Å². The monoisotopic (exact) mass is 227 g/mol. The van der Waals surface area contributed by atoms with Crippen LogP contribution in [0, 0.1) is 0 Å². The van der Waals surface area contributed by atoms with E-state index in [0.29, 0.717) is 0 Å². The fourth-order valence-electron chi connectivity index (χ4n) is 0.837. The summed E-state index contributed by atoms with van der Waals surface area (Å²) >= 11 is 5.51. The summed E-state index contributed by atoms with van der Waals surface area (Å²) in [6.07, 6.45) is 2.83. The predicted molar refractivity (Wildman–Crippen MR) is 54.7 cm³/mol. The van der Waals surface area contributed by atoms with Gasteiger partial charge in [0, 0.05) is 13.1 Å². The molecule has 1 aromatic rings. The fourth-order valence-corrected chi connectivity index (χ4v) is 1.01. The van der Waals surface area contributed by atoms with Gasteiger partial charge in [-0.3, -0.25) is 9.78 Å². The van der Waals surface area contributed by atoms with Gasteiger partial charge in [-0.25, -0.2) is 0 Å². The lowest BCUT2D eigenvalue weighted by molar-refractivity contribution is -0.136. The second-order valence-corrected chi connectivity index (χ2v) is 3.02. The van der Waals surface area contributed by atoms with E-state index < -0.39 is 5.97 Å². The van der Waals surface area contributed by atoms with E-state index in [2.05, 4.69) is 9.72 Å². The average Bonchev–Trinajstić information content (AvgIpc) is 2.18. The van der Waals surface area contributed by atoms with E-state index in [0.717, 1.165) is 12.0 Å². The van der Waals surface area contributed by atoms with Crippen LogP contribution in [0.3, 0.4) is 0 Å². The number of hydrogen-bond acceptors (Lipinski definition) is 4. The lowest BCUT2D eigenvalue weighted by Crippen LogP contribution is -1.96. The minimum absolute atomic E-state index is 0.0987. The van der Waals surface area contributed by atoms with Gasteiger partial charge in [-0.1, -0.05) is 6.07 Å². The maximum atomic E-state index is 10.5. The molecule has 1 heterocycles. The Bertz CT molecular complexity index is 351. The highest BCUT2D eigenvalue weighted by Gasteiger charge is 1.98. The number of ether oxygens (including phenoxy) is 2. The number of rotatable bonds is 4. The van der Waals surface area contributed by atoms with E-state index in [1.807, 2.05) is 18.2 Å². The van der Waals surface area contributed by atoms with Crippen molar-refractivity contribution in [3.8, 4) is 0 Å². The molecule has 0 bridgehead atoms. The van der Waals surface area contributed by atoms with E-state index in [1.165, 1.54) is 6.92 Å². The van der Waals surface area contributed by atoms with Crippen molar-refractivity contribution in [2.24, 2.45) is 0 Å². The van der Waals surface area contributed by atoms with Crippen LogP contribution >= 0.6 is 11.6 Å². The Labute approximate surface area is 92.5 Å². The molecule has 4 nitrogen and oxygen atoms in total. The quantitative estimate of drug-likeness (QED) is 0.585. The third-order valence-corrected chi connectivity index (χ3v) is 1.54. The number of pyridine rings is 1. The summed E-state index contributed by atoms with van der Waals surface area (Å²) in [6.45, 7) is 1.54. The first kappa shape index (κ1) is 11.5. The summed E-state index contributed by atoms with van der Waals surface area (Å²) in [5.41, 5.74) is 0.765. The van der Waals surface area contributed by atoms with Crippen LogP contribution in [-0.4, -0.2) is 11.0 Å². The highest BCUT2D eigenvalue weighted by atomic mass is 35.5. The maximum absolute atomic E-state index is 10.5. The molecule has 0 unspecified atom stereocenters. The molecule has 0 radical (unpaired) electrons. The van der Waals surface area contributed by atoms with Crippen molar-refractivity contribution < 1.29 is 14.3 Å². The van der Waals surface area contributed by atoms with Gasteiger partial charge >= 0.3 is 5.97 Å². The molecule has 0 N–H and O–H groups in total. The molecular weight excluding hydrogens is 218 g/mol. The number of carbonyl (C=O) groups is 1. The number of aromatic nitrogens is 1. The Morgan fingerprint density at radius 1 is 1.60 bits per heavy atom. The van der Waals surface area contributed by atoms with Crippen LogP contribution in [0.2, 0.25) is 0 Å². The zero-order valence-electron chi connectivity index (χ0n) is 8.14. The Morgan fingerprint density at radius 2 is 2.40 bits per heavy atom. The molecule has 0 aliphatic heterocycles. The molecule has 0 spiro atoms.